The number of rotatable bonds is 9. The maximum absolute atomic E-state index is 12.5. The number of ether oxygens (including phenoxy) is 3. The van der Waals surface area contributed by atoms with Gasteiger partial charge in [-0.3, -0.25) is 9.59 Å². The number of esters is 1. The van der Waals surface area contributed by atoms with Crippen LogP contribution in [0.4, 0.5) is 5.69 Å². The zero-order valence-electron chi connectivity index (χ0n) is 17.5. The maximum Gasteiger partial charge on any atom is 0.307 e. The number of amides is 1. The molecule has 6 nitrogen and oxygen atoms in total. The fraction of sp³-hybridized carbons (Fsp3) is 0.200. The minimum Gasteiger partial charge on any atom is -0.497 e. The largest absolute Gasteiger partial charge is 0.497 e. The molecule has 0 aliphatic carbocycles. The molecule has 0 bridgehead atoms. The second-order valence-corrected chi connectivity index (χ2v) is 6.85. The molecule has 0 spiro atoms. The lowest BCUT2D eigenvalue weighted by molar-refractivity contribution is -0.147. The number of hydrogen-bond donors (Lipinski definition) is 1. The first-order valence-corrected chi connectivity index (χ1v) is 9.88. The highest BCUT2D eigenvalue weighted by Gasteiger charge is 2.20. The van der Waals surface area contributed by atoms with E-state index in [9.17, 15) is 9.59 Å². The summed E-state index contributed by atoms with van der Waals surface area (Å²) in [7, 11) is 3.04. The lowest BCUT2D eigenvalue weighted by Gasteiger charge is -2.17. The van der Waals surface area contributed by atoms with Gasteiger partial charge in [-0.2, -0.15) is 0 Å². The molecule has 0 radical (unpaired) electrons. The first-order chi connectivity index (χ1) is 15.1. The van der Waals surface area contributed by atoms with Gasteiger partial charge in [-0.05, 0) is 23.3 Å². The summed E-state index contributed by atoms with van der Waals surface area (Å²) in [6.07, 6.45) is 0.132. The molecule has 3 rings (SSSR count). The number of methoxy groups -OCH3 is 2. The molecule has 0 aliphatic rings. The van der Waals surface area contributed by atoms with Crippen LogP contribution in [0.1, 0.15) is 23.5 Å². The Hall–Kier alpha value is -3.80. The SMILES string of the molecule is COc1ccc(NC(=O)COC(=O)CC(c2ccccc2)c2ccccc2)c(OC)c1. The zero-order chi connectivity index (χ0) is 22.1. The van der Waals surface area contributed by atoms with E-state index in [1.54, 1.807) is 25.3 Å². The van der Waals surface area contributed by atoms with Gasteiger partial charge in [-0.1, -0.05) is 60.7 Å². The van der Waals surface area contributed by atoms with Crippen LogP contribution in [0.2, 0.25) is 0 Å². The van der Waals surface area contributed by atoms with Gasteiger partial charge in [-0.15, -0.1) is 0 Å². The smallest absolute Gasteiger partial charge is 0.307 e. The van der Waals surface area contributed by atoms with Gasteiger partial charge in [0.15, 0.2) is 6.61 Å². The van der Waals surface area contributed by atoms with Crippen LogP contribution in [0, 0.1) is 0 Å². The van der Waals surface area contributed by atoms with Crippen LogP contribution >= 0.6 is 0 Å². The van der Waals surface area contributed by atoms with Crippen molar-refractivity contribution < 1.29 is 23.8 Å². The average Bonchev–Trinajstić information content (AvgIpc) is 2.82. The average molecular weight is 419 g/mol. The van der Waals surface area contributed by atoms with E-state index in [4.69, 9.17) is 14.2 Å². The van der Waals surface area contributed by atoms with Crippen molar-refractivity contribution in [1.82, 2.24) is 0 Å². The Morgan fingerprint density at radius 1 is 0.839 bits per heavy atom. The monoisotopic (exact) mass is 419 g/mol. The number of carbonyl (C=O) groups excluding carboxylic acids is 2. The molecule has 0 heterocycles. The van der Waals surface area contributed by atoms with E-state index in [2.05, 4.69) is 5.32 Å². The molecule has 1 N–H and O–H groups in total. The van der Waals surface area contributed by atoms with Crippen molar-refractivity contribution in [3.63, 3.8) is 0 Å². The van der Waals surface area contributed by atoms with E-state index in [1.165, 1.54) is 7.11 Å². The number of nitrogens with one attached hydrogen (secondary N) is 1. The first kappa shape index (κ1) is 21.9. The van der Waals surface area contributed by atoms with E-state index in [-0.39, 0.29) is 18.9 Å². The number of carbonyl (C=O) groups is 2. The zero-order valence-corrected chi connectivity index (χ0v) is 17.5. The van der Waals surface area contributed by atoms with Crippen molar-refractivity contribution in [2.45, 2.75) is 12.3 Å². The van der Waals surface area contributed by atoms with Crippen molar-refractivity contribution in [2.75, 3.05) is 26.1 Å². The highest BCUT2D eigenvalue weighted by molar-refractivity contribution is 5.94. The van der Waals surface area contributed by atoms with Gasteiger partial charge in [0.2, 0.25) is 0 Å². The fourth-order valence-electron chi connectivity index (χ4n) is 3.26. The van der Waals surface area contributed by atoms with Crippen LogP contribution in [0.5, 0.6) is 11.5 Å². The summed E-state index contributed by atoms with van der Waals surface area (Å²) in [5.41, 5.74) is 2.49. The highest BCUT2D eigenvalue weighted by atomic mass is 16.5. The predicted molar refractivity (Wildman–Crippen MR) is 118 cm³/mol. The van der Waals surface area contributed by atoms with Crippen molar-refractivity contribution in [2.24, 2.45) is 0 Å². The van der Waals surface area contributed by atoms with E-state index in [0.717, 1.165) is 11.1 Å². The molecule has 0 saturated heterocycles. The van der Waals surface area contributed by atoms with Crippen LogP contribution in [-0.2, 0) is 14.3 Å². The molecular weight excluding hydrogens is 394 g/mol. The number of anilines is 1. The third-order valence-electron chi connectivity index (χ3n) is 4.82. The van der Waals surface area contributed by atoms with E-state index < -0.39 is 11.9 Å². The maximum atomic E-state index is 12.5. The van der Waals surface area contributed by atoms with E-state index in [1.807, 2.05) is 60.7 Å². The summed E-state index contributed by atoms with van der Waals surface area (Å²) in [4.78, 5) is 24.8. The molecular formula is C25H25NO5. The molecule has 0 aromatic heterocycles. The topological polar surface area (TPSA) is 73.9 Å². The lowest BCUT2D eigenvalue weighted by Crippen LogP contribution is -2.22. The third-order valence-corrected chi connectivity index (χ3v) is 4.82. The summed E-state index contributed by atoms with van der Waals surface area (Å²) in [5.74, 6) is 0.00312. The van der Waals surface area contributed by atoms with Gasteiger partial charge < -0.3 is 19.5 Å². The van der Waals surface area contributed by atoms with Gasteiger partial charge in [0.1, 0.15) is 11.5 Å². The Morgan fingerprint density at radius 2 is 1.45 bits per heavy atom. The Kier molecular flexibility index (Phi) is 7.65. The minimum absolute atomic E-state index is 0.132. The summed E-state index contributed by atoms with van der Waals surface area (Å²) in [6, 6.07) is 24.6. The van der Waals surface area contributed by atoms with Crippen LogP contribution in [0.15, 0.2) is 78.9 Å². The summed E-state index contributed by atoms with van der Waals surface area (Å²) in [5, 5.41) is 2.69. The molecule has 0 aliphatic heterocycles. The van der Waals surface area contributed by atoms with Crippen LogP contribution < -0.4 is 14.8 Å². The van der Waals surface area contributed by atoms with Crippen molar-refractivity contribution in [3.8, 4) is 11.5 Å². The summed E-state index contributed by atoms with van der Waals surface area (Å²) in [6.45, 7) is -0.385. The van der Waals surface area contributed by atoms with Crippen LogP contribution in [0.25, 0.3) is 0 Å². The number of benzene rings is 3. The molecule has 3 aromatic carbocycles. The predicted octanol–water partition coefficient (Wildman–Crippen LogP) is 4.41. The third kappa shape index (κ3) is 6.09. The van der Waals surface area contributed by atoms with Crippen molar-refractivity contribution >= 4 is 17.6 Å². The molecule has 31 heavy (non-hydrogen) atoms. The second kappa shape index (κ2) is 10.8. The van der Waals surface area contributed by atoms with Gasteiger partial charge in [0.05, 0.1) is 26.3 Å². The van der Waals surface area contributed by atoms with Gasteiger partial charge in [0.25, 0.3) is 5.91 Å². The van der Waals surface area contributed by atoms with E-state index >= 15 is 0 Å². The Labute approximate surface area is 181 Å². The van der Waals surface area contributed by atoms with Gasteiger partial charge >= 0.3 is 5.97 Å². The Bertz CT molecular complexity index is 965. The lowest BCUT2D eigenvalue weighted by atomic mass is 9.89. The molecule has 1 amide bonds. The van der Waals surface area contributed by atoms with Crippen molar-refractivity contribution in [3.05, 3.63) is 90.0 Å². The van der Waals surface area contributed by atoms with Crippen LogP contribution in [0.3, 0.4) is 0 Å². The molecule has 3 aromatic rings. The fourth-order valence-corrected chi connectivity index (χ4v) is 3.26. The molecule has 160 valence electrons. The molecule has 0 fully saturated rings. The number of hydrogen-bond acceptors (Lipinski definition) is 5. The molecule has 0 saturated carbocycles. The highest BCUT2D eigenvalue weighted by Crippen LogP contribution is 2.30. The molecule has 6 heteroatoms. The normalized spacial score (nSPS) is 10.4. The van der Waals surface area contributed by atoms with Gasteiger partial charge in [-0.25, -0.2) is 0 Å². The summed E-state index contributed by atoms with van der Waals surface area (Å²) < 4.78 is 15.7. The van der Waals surface area contributed by atoms with Crippen molar-refractivity contribution in [1.29, 1.82) is 0 Å². The summed E-state index contributed by atoms with van der Waals surface area (Å²) >= 11 is 0. The quantitative estimate of drug-likeness (QED) is 0.520. The van der Waals surface area contributed by atoms with Crippen LogP contribution in [-0.4, -0.2) is 32.7 Å². The molecule has 0 unspecified atom stereocenters. The Balaban J connectivity index is 1.61. The first-order valence-electron chi connectivity index (χ1n) is 9.88. The standard InChI is InChI=1S/C25H25NO5/c1-29-20-13-14-22(23(15-20)30-2)26-24(27)17-31-25(28)16-21(18-9-5-3-6-10-18)19-11-7-4-8-12-19/h3-15,21H,16-17H2,1-2H3,(H,26,27). The minimum atomic E-state index is -0.451. The van der Waals surface area contributed by atoms with E-state index in [0.29, 0.717) is 17.2 Å². The second-order valence-electron chi connectivity index (χ2n) is 6.85. The Morgan fingerprint density at radius 3 is 2.00 bits per heavy atom. The van der Waals surface area contributed by atoms with Gasteiger partial charge in [0, 0.05) is 12.0 Å². The molecule has 0 atom stereocenters.